The molecule has 1 aliphatic carbocycles. The van der Waals surface area contributed by atoms with Crippen molar-refractivity contribution in [3.63, 3.8) is 0 Å². The average Bonchev–Trinajstić information content (AvgIpc) is 2.86. The number of nitrogens with one attached hydrogen (secondary N) is 1. The molecule has 0 atom stereocenters. The first-order chi connectivity index (χ1) is 9.84. The Morgan fingerprint density at radius 2 is 2.00 bits per heavy atom. The molecule has 1 saturated carbocycles. The predicted octanol–water partition coefficient (Wildman–Crippen LogP) is 2.62. The Hall–Kier alpha value is -1.76. The van der Waals surface area contributed by atoms with Crippen LogP contribution in [0.25, 0.3) is 0 Å². The number of carbonyl (C=O) groups excluding carboxylic acids is 1. The van der Waals surface area contributed by atoms with Crippen LogP contribution in [0, 0.1) is 0 Å². The average molecular weight is 303 g/mol. The van der Waals surface area contributed by atoms with E-state index < -0.39 is 23.6 Å². The van der Waals surface area contributed by atoms with Gasteiger partial charge in [-0.1, -0.05) is 18.9 Å². The van der Waals surface area contributed by atoms with Gasteiger partial charge in [0.2, 0.25) is 0 Å². The van der Waals surface area contributed by atoms with E-state index in [2.05, 4.69) is 10.1 Å². The number of carbonyl (C=O) groups is 1. The SMILES string of the molecule is O=C(NC1(CO)CCCC1)c1cccc(OC(F)(F)F)c1. The second-order valence-electron chi connectivity index (χ2n) is 5.18. The van der Waals surface area contributed by atoms with Gasteiger partial charge in [0, 0.05) is 5.56 Å². The third kappa shape index (κ3) is 4.10. The van der Waals surface area contributed by atoms with Crippen molar-refractivity contribution in [3.05, 3.63) is 29.8 Å². The van der Waals surface area contributed by atoms with Gasteiger partial charge in [-0.05, 0) is 31.0 Å². The molecule has 0 saturated heterocycles. The first kappa shape index (κ1) is 15.6. The van der Waals surface area contributed by atoms with Gasteiger partial charge in [0.25, 0.3) is 5.91 Å². The number of aliphatic hydroxyl groups is 1. The van der Waals surface area contributed by atoms with Crippen LogP contribution in [0.2, 0.25) is 0 Å². The Morgan fingerprint density at radius 1 is 1.33 bits per heavy atom. The Kier molecular flexibility index (Phi) is 4.41. The van der Waals surface area contributed by atoms with Gasteiger partial charge in [-0.2, -0.15) is 0 Å². The molecule has 1 aromatic carbocycles. The van der Waals surface area contributed by atoms with Crippen LogP contribution in [-0.2, 0) is 0 Å². The molecule has 0 aromatic heterocycles. The van der Waals surface area contributed by atoms with Gasteiger partial charge < -0.3 is 15.2 Å². The molecule has 21 heavy (non-hydrogen) atoms. The quantitative estimate of drug-likeness (QED) is 0.899. The normalized spacial score (nSPS) is 17.5. The van der Waals surface area contributed by atoms with Crippen molar-refractivity contribution >= 4 is 5.91 Å². The van der Waals surface area contributed by atoms with Gasteiger partial charge in [-0.15, -0.1) is 13.2 Å². The van der Waals surface area contributed by atoms with Crippen molar-refractivity contribution in [3.8, 4) is 5.75 Å². The number of amides is 1. The summed E-state index contributed by atoms with van der Waals surface area (Å²) in [5.74, 6) is -0.960. The van der Waals surface area contributed by atoms with E-state index in [1.807, 2.05) is 0 Å². The van der Waals surface area contributed by atoms with Crippen molar-refractivity contribution in [2.45, 2.75) is 37.6 Å². The fraction of sp³-hybridized carbons (Fsp3) is 0.500. The first-order valence-electron chi connectivity index (χ1n) is 6.63. The Balaban J connectivity index is 2.10. The molecule has 1 aromatic rings. The number of rotatable bonds is 4. The van der Waals surface area contributed by atoms with Gasteiger partial charge >= 0.3 is 6.36 Å². The van der Waals surface area contributed by atoms with Crippen molar-refractivity contribution in [2.24, 2.45) is 0 Å². The second kappa shape index (κ2) is 5.93. The summed E-state index contributed by atoms with van der Waals surface area (Å²) in [4.78, 5) is 12.1. The lowest BCUT2D eigenvalue weighted by molar-refractivity contribution is -0.274. The zero-order valence-electron chi connectivity index (χ0n) is 11.2. The van der Waals surface area contributed by atoms with E-state index >= 15 is 0 Å². The van der Waals surface area contributed by atoms with Gasteiger partial charge in [-0.25, -0.2) is 0 Å². The summed E-state index contributed by atoms with van der Waals surface area (Å²) >= 11 is 0. The smallest absolute Gasteiger partial charge is 0.406 e. The van der Waals surface area contributed by atoms with Crippen LogP contribution in [0.15, 0.2) is 24.3 Å². The fourth-order valence-electron chi connectivity index (χ4n) is 2.52. The third-order valence-electron chi connectivity index (χ3n) is 3.57. The lowest BCUT2D eigenvalue weighted by atomic mass is 9.98. The maximum atomic E-state index is 12.2. The molecular formula is C14H16F3NO3. The number of ether oxygens (including phenoxy) is 1. The highest BCUT2D eigenvalue weighted by atomic mass is 19.4. The van der Waals surface area contributed by atoms with Crippen molar-refractivity contribution in [2.75, 3.05) is 6.61 Å². The minimum Gasteiger partial charge on any atom is -0.406 e. The molecule has 2 rings (SSSR count). The summed E-state index contributed by atoms with van der Waals surface area (Å²) in [5.41, 5.74) is -0.602. The van der Waals surface area contributed by atoms with Gasteiger partial charge in [-0.3, -0.25) is 4.79 Å². The molecule has 1 aliphatic rings. The molecule has 0 bridgehead atoms. The van der Waals surface area contributed by atoms with Crippen molar-refractivity contribution in [1.29, 1.82) is 0 Å². The summed E-state index contributed by atoms with van der Waals surface area (Å²) in [6, 6.07) is 4.87. The second-order valence-corrected chi connectivity index (χ2v) is 5.18. The van der Waals surface area contributed by atoms with E-state index in [9.17, 15) is 23.1 Å². The predicted molar refractivity (Wildman–Crippen MR) is 68.9 cm³/mol. The molecular weight excluding hydrogens is 287 g/mol. The molecule has 0 heterocycles. The van der Waals surface area contributed by atoms with Crippen LogP contribution < -0.4 is 10.1 Å². The molecule has 0 spiro atoms. The molecule has 4 nitrogen and oxygen atoms in total. The fourth-order valence-corrected chi connectivity index (χ4v) is 2.52. The zero-order chi connectivity index (χ0) is 15.5. The molecule has 0 unspecified atom stereocenters. The van der Waals surface area contributed by atoms with E-state index in [-0.39, 0.29) is 12.2 Å². The number of halogens is 3. The maximum Gasteiger partial charge on any atom is 0.573 e. The number of hydrogen-bond donors (Lipinski definition) is 2. The topological polar surface area (TPSA) is 58.6 Å². The van der Waals surface area contributed by atoms with E-state index in [1.165, 1.54) is 12.1 Å². The van der Waals surface area contributed by atoms with Crippen LogP contribution in [0.3, 0.4) is 0 Å². The van der Waals surface area contributed by atoms with Crippen LogP contribution in [-0.4, -0.2) is 29.5 Å². The van der Waals surface area contributed by atoms with E-state index in [4.69, 9.17) is 0 Å². The molecule has 1 amide bonds. The van der Waals surface area contributed by atoms with Gasteiger partial charge in [0.05, 0.1) is 12.1 Å². The summed E-state index contributed by atoms with van der Waals surface area (Å²) in [6.07, 6.45) is -1.68. The highest BCUT2D eigenvalue weighted by Gasteiger charge is 2.35. The molecule has 2 N–H and O–H groups in total. The Labute approximate surface area is 119 Å². The van der Waals surface area contributed by atoms with Crippen molar-refractivity contribution in [1.82, 2.24) is 5.32 Å². The zero-order valence-corrected chi connectivity index (χ0v) is 11.2. The highest BCUT2D eigenvalue weighted by molar-refractivity contribution is 5.95. The number of benzene rings is 1. The Bertz CT molecular complexity index is 510. The molecule has 7 heteroatoms. The highest BCUT2D eigenvalue weighted by Crippen LogP contribution is 2.30. The molecule has 0 aliphatic heterocycles. The first-order valence-corrected chi connectivity index (χ1v) is 6.63. The van der Waals surface area contributed by atoms with Gasteiger partial charge in [0.1, 0.15) is 5.75 Å². The molecule has 1 fully saturated rings. The minimum absolute atomic E-state index is 0.0662. The summed E-state index contributed by atoms with van der Waals surface area (Å²) < 4.78 is 40.3. The van der Waals surface area contributed by atoms with Crippen LogP contribution in [0.5, 0.6) is 5.75 Å². The monoisotopic (exact) mass is 303 g/mol. The lowest BCUT2D eigenvalue weighted by Crippen LogP contribution is -2.49. The van der Waals surface area contributed by atoms with E-state index in [1.54, 1.807) is 0 Å². The summed E-state index contributed by atoms with van der Waals surface area (Å²) in [7, 11) is 0. The van der Waals surface area contributed by atoms with Crippen LogP contribution >= 0.6 is 0 Å². The minimum atomic E-state index is -4.80. The Morgan fingerprint density at radius 3 is 2.57 bits per heavy atom. The van der Waals surface area contributed by atoms with E-state index in [0.29, 0.717) is 12.8 Å². The third-order valence-corrected chi connectivity index (χ3v) is 3.57. The van der Waals surface area contributed by atoms with Crippen LogP contribution in [0.1, 0.15) is 36.0 Å². The standard InChI is InChI=1S/C14H16F3NO3/c15-14(16,17)21-11-5-3-4-10(8-11)12(20)18-13(9-19)6-1-2-7-13/h3-5,8,19H,1-2,6-7,9H2,(H,18,20). The summed E-state index contributed by atoms with van der Waals surface area (Å²) in [6.45, 7) is -0.183. The molecule has 116 valence electrons. The van der Waals surface area contributed by atoms with Gasteiger partial charge in [0.15, 0.2) is 0 Å². The largest absolute Gasteiger partial charge is 0.573 e. The number of aliphatic hydroxyl groups excluding tert-OH is 1. The van der Waals surface area contributed by atoms with E-state index in [0.717, 1.165) is 25.0 Å². The number of alkyl halides is 3. The maximum absolute atomic E-state index is 12.2. The van der Waals surface area contributed by atoms with Crippen molar-refractivity contribution < 1.29 is 27.8 Å². The summed E-state index contributed by atoms with van der Waals surface area (Å²) in [5, 5.41) is 12.2. The number of hydrogen-bond acceptors (Lipinski definition) is 3. The molecule has 0 radical (unpaired) electrons. The van der Waals surface area contributed by atoms with Crippen LogP contribution in [0.4, 0.5) is 13.2 Å². The lowest BCUT2D eigenvalue weighted by Gasteiger charge is -2.28.